The number of amides is 1. The molecule has 1 heterocycles. The van der Waals surface area contributed by atoms with Gasteiger partial charge in [-0.05, 0) is 40.5 Å². The van der Waals surface area contributed by atoms with Crippen LogP contribution in [0.5, 0.6) is 0 Å². The molecule has 2 rings (SSSR count). The second-order valence-electron chi connectivity index (χ2n) is 6.11. The third kappa shape index (κ3) is 4.22. The van der Waals surface area contributed by atoms with Crippen molar-refractivity contribution in [1.82, 2.24) is 20.1 Å². The number of carbonyl (C=O) groups is 1. The minimum absolute atomic E-state index is 0.0610. The zero-order valence-corrected chi connectivity index (χ0v) is 14.2. The van der Waals surface area contributed by atoms with Crippen molar-refractivity contribution in [3.05, 3.63) is 5.82 Å². The Hall–Kier alpha value is -1.04. The van der Waals surface area contributed by atoms with E-state index in [0.717, 1.165) is 11.0 Å². The maximum Gasteiger partial charge on any atom is 0.233 e. The van der Waals surface area contributed by atoms with Crippen LogP contribution >= 0.6 is 11.8 Å². The van der Waals surface area contributed by atoms with Crippen LogP contribution in [0.2, 0.25) is 0 Å². The summed E-state index contributed by atoms with van der Waals surface area (Å²) in [5.74, 6) is 1.02. The van der Waals surface area contributed by atoms with Gasteiger partial charge < -0.3 is 9.88 Å². The molecule has 1 atom stereocenters. The van der Waals surface area contributed by atoms with E-state index in [2.05, 4.69) is 20.1 Å². The van der Waals surface area contributed by atoms with Crippen LogP contribution in [0.3, 0.4) is 0 Å². The van der Waals surface area contributed by atoms with Gasteiger partial charge in [-0.2, -0.15) is 0 Å². The van der Waals surface area contributed by atoms with Crippen LogP contribution in [0.25, 0.3) is 0 Å². The fourth-order valence-electron chi connectivity index (χ4n) is 2.80. The number of hydrogen-bond acceptors (Lipinski definition) is 4. The normalized spacial score (nSPS) is 18.0. The molecule has 0 bridgehead atoms. The predicted molar refractivity (Wildman–Crippen MR) is 85.5 cm³/mol. The molecule has 1 aliphatic carbocycles. The number of carbonyl (C=O) groups excluding carboxylic acids is 1. The molecule has 0 saturated heterocycles. The van der Waals surface area contributed by atoms with Gasteiger partial charge in [0, 0.05) is 12.1 Å². The number of nitrogens with one attached hydrogen (secondary N) is 1. The SMILES string of the molecule is Cc1nnc(S[C@@H](C)C(=O)NC(C)C)n1C1CCCCC1. The van der Waals surface area contributed by atoms with Crippen molar-refractivity contribution in [1.29, 1.82) is 0 Å². The van der Waals surface area contributed by atoms with Crippen molar-refractivity contribution in [2.24, 2.45) is 0 Å². The Morgan fingerprint density at radius 1 is 1.24 bits per heavy atom. The smallest absolute Gasteiger partial charge is 0.233 e. The van der Waals surface area contributed by atoms with Gasteiger partial charge in [-0.1, -0.05) is 31.0 Å². The maximum atomic E-state index is 12.1. The molecule has 0 spiro atoms. The number of rotatable bonds is 5. The average molecular weight is 310 g/mol. The van der Waals surface area contributed by atoms with Gasteiger partial charge >= 0.3 is 0 Å². The first kappa shape index (κ1) is 16.3. The monoisotopic (exact) mass is 310 g/mol. The highest BCUT2D eigenvalue weighted by Crippen LogP contribution is 2.33. The minimum atomic E-state index is -0.154. The Morgan fingerprint density at radius 3 is 2.52 bits per heavy atom. The summed E-state index contributed by atoms with van der Waals surface area (Å²) in [5, 5.41) is 12.2. The molecule has 0 aliphatic heterocycles. The summed E-state index contributed by atoms with van der Waals surface area (Å²) >= 11 is 1.51. The molecule has 1 aromatic heterocycles. The quantitative estimate of drug-likeness (QED) is 0.849. The lowest BCUT2D eigenvalue weighted by Crippen LogP contribution is -2.36. The highest BCUT2D eigenvalue weighted by Gasteiger charge is 2.24. The van der Waals surface area contributed by atoms with E-state index in [1.807, 2.05) is 27.7 Å². The molecule has 1 N–H and O–H groups in total. The molecule has 21 heavy (non-hydrogen) atoms. The lowest BCUT2D eigenvalue weighted by atomic mass is 9.95. The van der Waals surface area contributed by atoms with E-state index in [-0.39, 0.29) is 17.2 Å². The van der Waals surface area contributed by atoms with Crippen LogP contribution in [0, 0.1) is 6.92 Å². The Labute approximate surface area is 131 Å². The highest BCUT2D eigenvalue weighted by molar-refractivity contribution is 8.00. The molecular formula is C15H26N4OS. The van der Waals surface area contributed by atoms with Gasteiger partial charge in [-0.3, -0.25) is 4.79 Å². The number of nitrogens with zero attached hydrogens (tertiary/aromatic N) is 3. The zero-order chi connectivity index (χ0) is 15.4. The summed E-state index contributed by atoms with van der Waals surface area (Å²) in [6.45, 7) is 7.88. The number of aryl methyl sites for hydroxylation is 1. The average Bonchev–Trinajstić information content (AvgIpc) is 2.80. The van der Waals surface area contributed by atoms with Crippen molar-refractivity contribution in [2.45, 2.75) is 82.3 Å². The third-order valence-electron chi connectivity index (χ3n) is 3.86. The molecule has 0 radical (unpaired) electrons. The minimum Gasteiger partial charge on any atom is -0.353 e. The van der Waals surface area contributed by atoms with Crippen molar-refractivity contribution >= 4 is 17.7 Å². The summed E-state index contributed by atoms with van der Waals surface area (Å²) in [5.41, 5.74) is 0. The van der Waals surface area contributed by atoms with E-state index in [0.29, 0.717) is 6.04 Å². The van der Waals surface area contributed by atoms with Crippen molar-refractivity contribution in [3.8, 4) is 0 Å². The molecule has 5 nitrogen and oxygen atoms in total. The maximum absolute atomic E-state index is 12.1. The van der Waals surface area contributed by atoms with Gasteiger partial charge in [0.25, 0.3) is 0 Å². The first-order chi connectivity index (χ1) is 9.99. The summed E-state index contributed by atoms with van der Waals surface area (Å²) in [6, 6.07) is 0.662. The van der Waals surface area contributed by atoms with E-state index < -0.39 is 0 Å². The molecule has 1 saturated carbocycles. The van der Waals surface area contributed by atoms with Crippen molar-refractivity contribution in [2.75, 3.05) is 0 Å². The van der Waals surface area contributed by atoms with Crippen molar-refractivity contribution in [3.63, 3.8) is 0 Å². The first-order valence-electron chi connectivity index (χ1n) is 7.87. The number of hydrogen-bond donors (Lipinski definition) is 1. The van der Waals surface area contributed by atoms with Crippen molar-refractivity contribution < 1.29 is 4.79 Å². The molecule has 1 aliphatic rings. The molecule has 1 fully saturated rings. The lowest BCUT2D eigenvalue weighted by molar-refractivity contribution is -0.120. The standard InChI is InChI=1S/C15H26N4OS/c1-10(2)16-14(20)11(3)21-15-18-17-12(4)19(15)13-8-6-5-7-9-13/h10-11,13H,5-9H2,1-4H3,(H,16,20)/t11-/m0/s1. The second-order valence-corrected chi connectivity index (χ2v) is 7.42. The highest BCUT2D eigenvalue weighted by atomic mass is 32.2. The molecule has 1 aromatic rings. The Morgan fingerprint density at radius 2 is 1.90 bits per heavy atom. The van der Waals surface area contributed by atoms with E-state index in [1.165, 1.54) is 43.9 Å². The molecule has 1 amide bonds. The van der Waals surface area contributed by atoms with E-state index in [4.69, 9.17) is 0 Å². The largest absolute Gasteiger partial charge is 0.353 e. The van der Waals surface area contributed by atoms with E-state index in [9.17, 15) is 4.79 Å². The van der Waals surface area contributed by atoms with Gasteiger partial charge in [0.1, 0.15) is 5.82 Å². The van der Waals surface area contributed by atoms with E-state index in [1.54, 1.807) is 0 Å². The fourth-order valence-corrected chi connectivity index (χ4v) is 3.78. The Balaban J connectivity index is 2.08. The van der Waals surface area contributed by atoms with Gasteiger partial charge in [0.2, 0.25) is 5.91 Å². The summed E-state index contributed by atoms with van der Waals surface area (Å²) in [6.07, 6.45) is 6.26. The van der Waals surface area contributed by atoms with Gasteiger partial charge in [0.05, 0.1) is 5.25 Å². The summed E-state index contributed by atoms with van der Waals surface area (Å²) < 4.78 is 2.24. The number of aromatic nitrogens is 3. The first-order valence-corrected chi connectivity index (χ1v) is 8.75. The van der Waals surface area contributed by atoms with Gasteiger partial charge in [-0.15, -0.1) is 10.2 Å². The Kier molecular flexibility index (Phi) is 5.67. The Bertz CT molecular complexity index is 480. The topological polar surface area (TPSA) is 59.8 Å². The lowest BCUT2D eigenvalue weighted by Gasteiger charge is -2.25. The molecule has 118 valence electrons. The van der Waals surface area contributed by atoms with Crippen LogP contribution in [-0.2, 0) is 4.79 Å². The molecular weight excluding hydrogens is 284 g/mol. The summed E-state index contributed by atoms with van der Waals surface area (Å²) in [7, 11) is 0. The van der Waals surface area contributed by atoms with Gasteiger partial charge in [0.15, 0.2) is 5.16 Å². The second kappa shape index (κ2) is 7.29. The molecule has 6 heteroatoms. The van der Waals surface area contributed by atoms with Crippen LogP contribution in [0.15, 0.2) is 5.16 Å². The number of thioether (sulfide) groups is 1. The third-order valence-corrected chi connectivity index (χ3v) is 4.91. The van der Waals surface area contributed by atoms with Crippen LogP contribution in [-0.4, -0.2) is 32.0 Å². The van der Waals surface area contributed by atoms with Crippen LogP contribution in [0.4, 0.5) is 0 Å². The predicted octanol–water partition coefficient (Wildman–Crippen LogP) is 3.10. The summed E-state index contributed by atoms with van der Waals surface area (Å²) in [4.78, 5) is 12.1. The molecule has 0 unspecified atom stereocenters. The van der Waals surface area contributed by atoms with Gasteiger partial charge in [-0.25, -0.2) is 0 Å². The van der Waals surface area contributed by atoms with E-state index >= 15 is 0 Å². The van der Waals surface area contributed by atoms with Crippen LogP contribution in [0.1, 0.15) is 64.7 Å². The zero-order valence-electron chi connectivity index (χ0n) is 13.4. The fraction of sp³-hybridized carbons (Fsp3) is 0.800. The van der Waals surface area contributed by atoms with Crippen LogP contribution < -0.4 is 5.32 Å². The molecule has 0 aromatic carbocycles.